The molecule has 0 saturated carbocycles. The van der Waals surface area contributed by atoms with Gasteiger partial charge in [-0.15, -0.1) is 0 Å². The Balaban J connectivity index is 2.12. The molecule has 0 fully saturated rings. The Labute approximate surface area is 126 Å². The molecule has 1 aliphatic heterocycles. The van der Waals surface area contributed by atoms with Crippen molar-refractivity contribution in [1.29, 1.82) is 0 Å². The number of benzene rings is 1. The van der Waals surface area contributed by atoms with Crippen LogP contribution in [0.15, 0.2) is 18.2 Å². The van der Waals surface area contributed by atoms with Crippen molar-refractivity contribution in [3.63, 3.8) is 0 Å². The molecule has 0 aromatic heterocycles. The number of para-hydroxylation sites is 1. The maximum absolute atomic E-state index is 11.8. The lowest BCUT2D eigenvalue weighted by Gasteiger charge is -2.21. The van der Waals surface area contributed by atoms with Crippen molar-refractivity contribution < 1.29 is 14.3 Å². The van der Waals surface area contributed by atoms with Crippen LogP contribution >= 0.6 is 0 Å². The van der Waals surface area contributed by atoms with Crippen LogP contribution in [0.25, 0.3) is 0 Å². The van der Waals surface area contributed by atoms with Crippen LogP contribution in [0.5, 0.6) is 5.75 Å². The fraction of sp³-hybridized carbons (Fsp3) is 0.588. The van der Waals surface area contributed by atoms with Gasteiger partial charge in [0.1, 0.15) is 17.4 Å². The molecule has 1 N–H and O–H groups in total. The number of nitrogens with one attached hydrogen (secondary N) is 1. The summed E-state index contributed by atoms with van der Waals surface area (Å²) in [6, 6.07) is 5.89. The van der Waals surface area contributed by atoms with Gasteiger partial charge in [0.25, 0.3) is 0 Å². The van der Waals surface area contributed by atoms with Crippen LogP contribution in [-0.2, 0) is 22.5 Å². The monoisotopic (exact) mass is 291 g/mol. The number of fused-ring (bicyclic) bond motifs is 1. The maximum Gasteiger partial charge on any atom is 0.323 e. The Hall–Kier alpha value is -1.55. The Morgan fingerprint density at radius 3 is 2.76 bits per heavy atom. The van der Waals surface area contributed by atoms with Gasteiger partial charge in [-0.2, -0.15) is 0 Å². The van der Waals surface area contributed by atoms with Gasteiger partial charge in [-0.1, -0.05) is 32.0 Å². The molecule has 1 atom stereocenters. The normalized spacial score (nSPS) is 17.2. The Morgan fingerprint density at radius 1 is 1.43 bits per heavy atom. The Morgan fingerprint density at radius 2 is 2.14 bits per heavy atom. The second kappa shape index (κ2) is 6.06. The van der Waals surface area contributed by atoms with Gasteiger partial charge >= 0.3 is 5.97 Å². The number of carbonyl (C=O) groups is 1. The van der Waals surface area contributed by atoms with Crippen molar-refractivity contribution in [2.24, 2.45) is 5.92 Å². The van der Waals surface area contributed by atoms with E-state index < -0.39 is 0 Å². The average molecular weight is 291 g/mol. The van der Waals surface area contributed by atoms with E-state index >= 15 is 0 Å². The van der Waals surface area contributed by atoms with Gasteiger partial charge in [-0.05, 0) is 25.3 Å². The molecule has 0 amide bonds. The first-order chi connectivity index (χ1) is 9.84. The standard InChI is InChI=1S/C17H25NO3/c1-11(2)14(16(19)20-5)18-10-13-8-6-7-12-9-17(3,4)21-15(12)13/h6-8,11,14,18H,9-10H2,1-5H3. The van der Waals surface area contributed by atoms with Crippen LogP contribution in [0.2, 0.25) is 0 Å². The quantitative estimate of drug-likeness (QED) is 0.847. The van der Waals surface area contributed by atoms with Crippen LogP contribution in [-0.4, -0.2) is 24.7 Å². The minimum Gasteiger partial charge on any atom is -0.487 e. The predicted molar refractivity (Wildman–Crippen MR) is 82.3 cm³/mol. The minimum atomic E-state index is -0.305. The number of esters is 1. The predicted octanol–water partition coefficient (Wildman–Crippen LogP) is 2.69. The summed E-state index contributed by atoms with van der Waals surface area (Å²) in [5, 5.41) is 3.29. The van der Waals surface area contributed by atoms with Crippen molar-refractivity contribution >= 4 is 5.97 Å². The van der Waals surface area contributed by atoms with Gasteiger partial charge in [0, 0.05) is 18.5 Å². The van der Waals surface area contributed by atoms with Crippen molar-refractivity contribution in [2.75, 3.05) is 7.11 Å². The number of rotatable bonds is 5. The molecule has 1 aromatic carbocycles. The molecule has 0 saturated heterocycles. The summed E-state index contributed by atoms with van der Waals surface area (Å²) in [5.41, 5.74) is 2.17. The summed E-state index contributed by atoms with van der Waals surface area (Å²) < 4.78 is 10.9. The molecular weight excluding hydrogens is 266 g/mol. The first-order valence-corrected chi connectivity index (χ1v) is 7.45. The molecule has 0 bridgehead atoms. The second-order valence-electron chi connectivity index (χ2n) is 6.57. The molecule has 0 spiro atoms. The van der Waals surface area contributed by atoms with E-state index in [1.54, 1.807) is 0 Å². The number of carbonyl (C=O) groups excluding carboxylic acids is 1. The third-order valence-corrected chi connectivity index (χ3v) is 3.81. The lowest BCUT2D eigenvalue weighted by Crippen LogP contribution is -2.41. The fourth-order valence-corrected chi connectivity index (χ4v) is 2.76. The number of hydrogen-bond acceptors (Lipinski definition) is 4. The van der Waals surface area contributed by atoms with E-state index in [9.17, 15) is 4.79 Å². The third kappa shape index (κ3) is 3.56. The molecule has 4 heteroatoms. The van der Waals surface area contributed by atoms with Crippen LogP contribution in [0.3, 0.4) is 0 Å². The molecular formula is C17H25NO3. The number of methoxy groups -OCH3 is 1. The lowest BCUT2D eigenvalue weighted by molar-refractivity contribution is -0.144. The molecule has 1 heterocycles. The summed E-state index contributed by atoms with van der Waals surface area (Å²) in [6.07, 6.45) is 0.917. The number of hydrogen-bond donors (Lipinski definition) is 1. The minimum absolute atomic E-state index is 0.155. The molecule has 0 aliphatic carbocycles. The van der Waals surface area contributed by atoms with Crippen LogP contribution in [0, 0.1) is 5.92 Å². The second-order valence-corrected chi connectivity index (χ2v) is 6.57. The van der Waals surface area contributed by atoms with Gasteiger partial charge in [-0.25, -0.2) is 0 Å². The van der Waals surface area contributed by atoms with E-state index in [-0.39, 0.29) is 23.5 Å². The van der Waals surface area contributed by atoms with E-state index in [0.29, 0.717) is 6.54 Å². The number of ether oxygens (including phenoxy) is 2. The molecule has 2 rings (SSSR count). The molecule has 0 radical (unpaired) electrons. The summed E-state index contributed by atoms with van der Waals surface area (Å²) in [4.78, 5) is 11.8. The van der Waals surface area contributed by atoms with Gasteiger partial charge < -0.3 is 9.47 Å². The highest BCUT2D eigenvalue weighted by Crippen LogP contribution is 2.37. The molecule has 21 heavy (non-hydrogen) atoms. The highest BCUT2D eigenvalue weighted by Gasteiger charge is 2.32. The Kier molecular flexibility index (Phi) is 4.57. The fourth-order valence-electron chi connectivity index (χ4n) is 2.76. The SMILES string of the molecule is COC(=O)C(NCc1cccc2c1OC(C)(C)C2)C(C)C. The van der Waals surface area contributed by atoms with Crippen molar-refractivity contribution in [1.82, 2.24) is 5.32 Å². The summed E-state index contributed by atoms with van der Waals surface area (Å²) in [5.74, 6) is 0.910. The third-order valence-electron chi connectivity index (χ3n) is 3.81. The van der Waals surface area contributed by atoms with Crippen molar-refractivity contribution in [2.45, 2.75) is 52.3 Å². The lowest BCUT2D eigenvalue weighted by atomic mass is 10.00. The van der Waals surface area contributed by atoms with Gasteiger partial charge in [0.05, 0.1) is 7.11 Å². The summed E-state index contributed by atoms with van der Waals surface area (Å²) in [7, 11) is 1.42. The van der Waals surface area contributed by atoms with E-state index in [1.165, 1.54) is 12.7 Å². The largest absolute Gasteiger partial charge is 0.487 e. The molecule has 1 aliphatic rings. The molecule has 1 aromatic rings. The zero-order chi connectivity index (χ0) is 15.6. The van der Waals surface area contributed by atoms with E-state index in [2.05, 4.69) is 25.2 Å². The van der Waals surface area contributed by atoms with Gasteiger partial charge in [0.2, 0.25) is 0 Å². The topological polar surface area (TPSA) is 47.6 Å². The highest BCUT2D eigenvalue weighted by molar-refractivity contribution is 5.75. The highest BCUT2D eigenvalue weighted by atomic mass is 16.5. The average Bonchev–Trinajstić information content (AvgIpc) is 2.72. The maximum atomic E-state index is 11.8. The van der Waals surface area contributed by atoms with Crippen LogP contribution in [0.4, 0.5) is 0 Å². The first kappa shape index (κ1) is 15.8. The summed E-state index contributed by atoms with van der Waals surface area (Å²) >= 11 is 0. The summed E-state index contributed by atoms with van der Waals surface area (Å²) in [6.45, 7) is 8.79. The van der Waals surface area contributed by atoms with Crippen molar-refractivity contribution in [3.05, 3.63) is 29.3 Å². The van der Waals surface area contributed by atoms with Crippen molar-refractivity contribution in [3.8, 4) is 5.75 Å². The molecule has 1 unspecified atom stereocenters. The smallest absolute Gasteiger partial charge is 0.323 e. The van der Waals surface area contributed by atoms with E-state index in [1.807, 2.05) is 26.0 Å². The van der Waals surface area contributed by atoms with Gasteiger partial charge in [0.15, 0.2) is 0 Å². The zero-order valence-corrected chi connectivity index (χ0v) is 13.5. The van der Waals surface area contributed by atoms with Crippen LogP contribution in [0.1, 0.15) is 38.8 Å². The van der Waals surface area contributed by atoms with E-state index in [4.69, 9.17) is 9.47 Å². The van der Waals surface area contributed by atoms with Crippen LogP contribution < -0.4 is 10.1 Å². The first-order valence-electron chi connectivity index (χ1n) is 7.45. The molecule has 116 valence electrons. The van der Waals surface area contributed by atoms with Gasteiger partial charge in [-0.3, -0.25) is 10.1 Å². The Bertz CT molecular complexity index is 523. The zero-order valence-electron chi connectivity index (χ0n) is 13.5. The van der Waals surface area contributed by atoms with E-state index in [0.717, 1.165) is 17.7 Å². The molecule has 4 nitrogen and oxygen atoms in total.